The summed E-state index contributed by atoms with van der Waals surface area (Å²) < 4.78 is 2.03. The second kappa shape index (κ2) is 6.44. The maximum atomic E-state index is 10.8. The van der Waals surface area contributed by atoms with Crippen molar-refractivity contribution in [3.63, 3.8) is 0 Å². The summed E-state index contributed by atoms with van der Waals surface area (Å²) in [6.45, 7) is 8.26. The van der Waals surface area contributed by atoms with Gasteiger partial charge in [-0.25, -0.2) is 0 Å². The quantitative estimate of drug-likeness (QED) is 0.871. The van der Waals surface area contributed by atoms with Crippen molar-refractivity contribution in [1.29, 1.82) is 0 Å². The molecule has 21 heavy (non-hydrogen) atoms. The average Bonchev–Trinajstić information content (AvgIpc) is 2.88. The second-order valence-corrected chi connectivity index (χ2v) is 6.02. The molecule has 0 radical (unpaired) electrons. The standard InChI is InChI=1S/C18H26N2O/c1-5-16(6-2)20-12-11-15(19-20)13-18(4,21)17-10-8-7-9-14(17)3/h7-12,16,21H,5-6,13H2,1-4H3. The molecule has 1 aromatic carbocycles. The first-order valence-corrected chi connectivity index (χ1v) is 7.80. The van der Waals surface area contributed by atoms with Gasteiger partial charge in [0.2, 0.25) is 0 Å². The first kappa shape index (κ1) is 15.8. The van der Waals surface area contributed by atoms with E-state index >= 15 is 0 Å². The lowest BCUT2D eigenvalue weighted by atomic mass is 9.88. The topological polar surface area (TPSA) is 38.0 Å². The maximum Gasteiger partial charge on any atom is 0.0927 e. The Kier molecular flexibility index (Phi) is 4.84. The van der Waals surface area contributed by atoms with E-state index in [2.05, 4.69) is 18.9 Å². The Morgan fingerprint density at radius 3 is 2.48 bits per heavy atom. The van der Waals surface area contributed by atoms with Crippen molar-refractivity contribution in [1.82, 2.24) is 9.78 Å². The number of aryl methyl sites for hydroxylation is 1. The van der Waals surface area contributed by atoms with Gasteiger partial charge in [-0.15, -0.1) is 0 Å². The van der Waals surface area contributed by atoms with E-state index in [-0.39, 0.29) is 0 Å². The van der Waals surface area contributed by atoms with Crippen molar-refractivity contribution in [2.75, 3.05) is 0 Å². The van der Waals surface area contributed by atoms with Crippen LogP contribution in [-0.4, -0.2) is 14.9 Å². The molecule has 1 aromatic heterocycles. The largest absolute Gasteiger partial charge is 0.385 e. The van der Waals surface area contributed by atoms with Gasteiger partial charge < -0.3 is 5.11 Å². The summed E-state index contributed by atoms with van der Waals surface area (Å²) in [5, 5.41) is 15.5. The molecule has 3 nitrogen and oxygen atoms in total. The van der Waals surface area contributed by atoms with E-state index in [0.29, 0.717) is 12.5 Å². The van der Waals surface area contributed by atoms with Crippen molar-refractivity contribution >= 4 is 0 Å². The van der Waals surface area contributed by atoms with Gasteiger partial charge in [-0.05, 0) is 43.9 Å². The average molecular weight is 286 g/mol. The van der Waals surface area contributed by atoms with Crippen molar-refractivity contribution in [3.8, 4) is 0 Å². The molecule has 1 atom stereocenters. The number of benzene rings is 1. The lowest BCUT2D eigenvalue weighted by Gasteiger charge is -2.25. The third-order valence-corrected chi connectivity index (χ3v) is 4.23. The molecule has 0 saturated heterocycles. The SMILES string of the molecule is CCC(CC)n1ccc(CC(C)(O)c2ccccc2C)n1. The van der Waals surface area contributed by atoms with Crippen LogP contribution in [0.25, 0.3) is 0 Å². The first-order chi connectivity index (χ1) is 9.97. The number of hydrogen-bond acceptors (Lipinski definition) is 2. The summed E-state index contributed by atoms with van der Waals surface area (Å²) in [6.07, 6.45) is 4.71. The van der Waals surface area contributed by atoms with Gasteiger partial charge in [0, 0.05) is 12.6 Å². The van der Waals surface area contributed by atoms with Crippen LogP contribution in [0.2, 0.25) is 0 Å². The molecule has 0 aliphatic rings. The number of hydrogen-bond donors (Lipinski definition) is 1. The summed E-state index contributed by atoms with van der Waals surface area (Å²) in [6, 6.07) is 10.5. The number of rotatable bonds is 6. The van der Waals surface area contributed by atoms with E-state index in [4.69, 9.17) is 0 Å². The lowest BCUT2D eigenvalue weighted by molar-refractivity contribution is 0.0557. The Bertz CT molecular complexity index is 582. The first-order valence-electron chi connectivity index (χ1n) is 7.80. The second-order valence-electron chi connectivity index (χ2n) is 6.02. The van der Waals surface area contributed by atoms with Crippen molar-refractivity contribution in [2.45, 2.75) is 58.6 Å². The molecule has 1 heterocycles. The molecule has 0 bridgehead atoms. The van der Waals surface area contributed by atoms with E-state index in [1.54, 1.807) is 0 Å². The molecule has 0 amide bonds. The summed E-state index contributed by atoms with van der Waals surface area (Å²) in [4.78, 5) is 0. The summed E-state index contributed by atoms with van der Waals surface area (Å²) in [5.41, 5.74) is 2.14. The normalized spacial score (nSPS) is 14.4. The highest BCUT2D eigenvalue weighted by Gasteiger charge is 2.26. The molecule has 114 valence electrons. The van der Waals surface area contributed by atoms with E-state index in [9.17, 15) is 5.11 Å². The predicted octanol–water partition coefficient (Wildman–Crippen LogP) is 4.00. The lowest BCUT2D eigenvalue weighted by Crippen LogP contribution is -2.25. The van der Waals surface area contributed by atoms with Crippen molar-refractivity contribution in [2.24, 2.45) is 0 Å². The molecule has 0 aliphatic heterocycles. The molecule has 0 fully saturated rings. The zero-order valence-corrected chi connectivity index (χ0v) is 13.5. The predicted molar refractivity (Wildman–Crippen MR) is 86.3 cm³/mol. The summed E-state index contributed by atoms with van der Waals surface area (Å²) in [7, 11) is 0. The fourth-order valence-corrected chi connectivity index (χ4v) is 2.96. The van der Waals surface area contributed by atoms with E-state index in [1.165, 1.54) is 0 Å². The van der Waals surface area contributed by atoms with E-state index in [0.717, 1.165) is 29.7 Å². The maximum absolute atomic E-state index is 10.8. The van der Waals surface area contributed by atoms with Gasteiger partial charge in [0.15, 0.2) is 0 Å². The van der Waals surface area contributed by atoms with Crippen LogP contribution in [0.15, 0.2) is 36.5 Å². The van der Waals surface area contributed by atoms with Gasteiger partial charge in [-0.1, -0.05) is 38.1 Å². The highest BCUT2D eigenvalue weighted by Crippen LogP contribution is 2.27. The van der Waals surface area contributed by atoms with Crippen LogP contribution in [0.3, 0.4) is 0 Å². The fraction of sp³-hybridized carbons (Fsp3) is 0.500. The Labute approximate surface area is 127 Å². The van der Waals surface area contributed by atoms with Crippen LogP contribution >= 0.6 is 0 Å². The van der Waals surface area contributed by atoms with Crippen LogP contribution < -0.4 is 0 Å². The Balaban J connectivity index is 2.19. The van der Waals surface area contributed by atoms with Crippen LogP contribution in [-0.2, 0) is 12.0 Å². The minimum absolute atomic E-state index is 0.446. The van der Waals surface area contributed by atoms with Crippen LogP contribution in [0.1, 0.15) is 56.5 Å². The minimum Gasteiger partial charge on any atom is -0.385 e. The molecule has 0 saturated carbocycles. The Hall–Kier alpha value is -1.61. The Morgan fingerprint density at radius 1 is 1.19 bits per heavy atom. The number of nitrogens with zero attached hydrogens (tertiary/aromatic N) is 2. The van der Waals surface area contributed by atoms with E-state index in [1.807, 2.05) is 55.1 Å². The monoisotopic (exact) mass is 286 g/mol. The van der Waals surface area contributed by atoms with Crippen molar-refractivity contribution in [3.05, 3.63) is 53.3 Å². The molecule has 0 spiro atoms. The molecule has 3 heteroatoms. The minimum atomic E-state index is -0.890. The summed E-state index contributed by atoms with van der Waals surface area (Å²) >= 11 is 0. The summed E-state index contributed by atoms with van der Waals surface area (Å²) in [5.74, 6) is 0. The molecule has 2 rings (SSSR count). The Morgan fingerprint density at radius 2 is 1.86 bits per heavy atom. The molecule has 1 N–H and O–H groups in total. The third-order valence-electron chi connectivity index (χ3n) is 4.23. The zero-order chi connectivity index (χ0) is 15.5. The van der Waals surface area contributed by atoms with E-state index < -0.39 is 5.60 Å². The van der Waals surface area contributed by atoms with Crippen molar-refractivity contribution < 1.29 is 5.11 Å². The van der Waals surface area contributed by atoms with Crippen LogP contribution in [0.4, 0.5) is 0 Å². The van der Waals surface area contributed by atoms with Gasteiger partial charge in [0.25, 0.3) is 0 Å². The highest BCUT2D eigenvalue weighted by atomic mass is 16.3. The van der Waals surface area contributed by atoms with Gasteiger partial charge in [0.1, 0.15) is 0 Å². The molecule has 1 unspecified atom stereocenters. The smallest absolute Gasteiger partial charge is 0.0927 e. The molecule has 0 aliphatic carbocycles. The fourth-order valence-electron chi connectivity index (χ4n) is 2.96. The van der Waals surface area contributed by atoms with Gasteiger partial charge in [-0.2, -0.15) is 5.10 Å². The van der Waals surface area contributed by atoms with Gasteiger partial charge in [0.05, 0.1) is 17.3 Å². The molecular formula is C18H26N2O. The number of aromatic nitrogens is 2. The highest BCUT2D eigenvalue weighted by molar-refractivity contribution is 5.31. The number of aliphatic hydroxyl groups is 1. The molecule has 2 aromatic rings. The van der Waals surface area contributed by atoms with Gasteiger partial charge >= 0.3 is 0 Å². The van der Waals surface area contributed by atoms with Crippen LogP contribution in [0, 0.1) is 6.92 Å². The zero-order valence-electron chi connectivity index (χ0n) is 13.5. The van der Waals surface area contributed by atoms with Gasteiger partial charge in [-0.3, -0.25) is 4.68 Å². The third kappa shape index (κ3) is 3.53. The van der Waals surface area contributed by atoms with Crippen LogP contribution in [0.5, 0.6) is 0 Å². The molecular weight excluding hydrogens is 260 g/mol.